The Balaban J connectivity index is 1.40. The number of hydrogen-bond acceptors (Lipinski definition) is 5. The number of rotatable bonds is 4. The van der Waals surface area contributed by atoms with Gasteiger partial charge in [0.05, 0.1) is 11.7 Å². The van der Waals surface area contributed by atoms with E-state index < -0.39 is 0 Å². The van der Waals surface area contributed by atoms with Crippen molar-refractivity contribution in [2.24, 2.45) is 0 Å². The summed E-state index contributed by atoms with van der Waals surface area (Å²) >= 11 is 0. The molecule has 0 unspecified atom stereocenters. The summed E-state index contributed by atoms with van der Waals surface area (Å²) in [4.78, 5) is 37.2. The lowest BCUT2D eigenvalue weighted by Crippen LogP contribution is -2.39. The molecule has 0 radical (unpaired) electrons. The molecular formula is C21H24N4O3. The Hall–Kier alpha value is -2.96. The molecule has 1 saturated heterocycles. The van der Waals surface area contributed by atoms with Crippen LogP contribution in [0, 0.1) is 0 Å². The number of nitrogens with zero attached hydrogens (tertiary/aromatic N) is 4. The summed E-state index contributed by atoms with van der Waals surface area (Å²) < 4.78 is 5.57. The lowest BCUT2D eigenvalue weighted by molar-refractivity contribution is -0.134. The Kier molecular flexibility index (Phi) is 5.23. The predicted octanol–water partition coefficient (Wildman–Crippen LogP) is 2.12. The van der Waals surface area contributed by atoms with Gasteiger partial charge in [0, 0.05) is 44.7 Å². The molecule has 7 heteroatoms. The Bertz CT molecular complexity index is 871. The molecule has 1 aromatic heterocycles. The zero-order chi connectivity index (χ0) is 19.5. The minimum atomic E-state index is -0.0443. The SMILES string of the molecule is CC(=O)N1CCC[C@H]1c1ncc2c(n1)CCN(C(=O)COc1ccccc1)C2. The molecule has 28 heavy (non-hydrogen) atoms. The normalized spacial score (nSPS) is 18.7. The highest BCUT2D eigenvalue weighted by molar-refractivity contribution is 5.78. The number of carbonyl (C=O) groups is 2. The van der Waals surface area contributed by atoms with Gasteiger partial charge in [-0.2, -0.15) is 0 Å². The molecule has 1 fully saturated rings. The number of amides is 2. The van der Waals surface area contributed by atoms with Crippen molar-refractivity contribution in [1.29, 1.82) is 0 Å². The number of para-hydroxylation sites is 1. The summed E-state index contributed by atoms with van der Waals surface area (Å²) in [6.07, 6.45) is 4.38. The van der Waals surface area contributed by atoms with Crippen molar-refractivity contribution >= 4 is 11.8 Å². The van der Waals surface area contributed by atoms with Crippen LogP contribution in [0.5, 0.6) is 5.75 Å². The average molecular weight is 380 g/mol. The van der Waals surface area contributed by atoms with Crippen molar-refractivity contribution < 1.29 is 14.3 Å². The number of hydrogen-bond donors (Lipinski definition) is 0. The molecule has 0 aliphatic carbocycles. The Morgan fingerprint density at radius 2 is 2.04 bits per heavy atom. The quantitative estimate of drug-likeness (QED) is 0.812. The van der Waals surface area contributed by atoms with Crippen LogP contribution in [0.3, 0.4) is 0 Å². The first-order valence-corrected chi connectivity index (χ1v) is 9.69. The predicted molar refractivity (Wildman–Crippen MR) is 102 cm³/mol. The fraction of sp³-hybridized carbons (Fsp3) is 0.429. The van der Waals surface area contributed by atoms with Crippen molar-refractivity contribution in [3.8, 4) is 5.75 Å². The number of benzene rings is 1. The fourth-order valence-electron chi connectivity index (χ4n) is 3.87. The molecule has 2 amide bonds. The van der Waals surface area contributed by atoms with Gasteiger partial charge in [-0.15, -0.1) is 0 Å². The number of carbonyl (C=O) groups excluding carboxylic acids is 2. The average Bonchev–Trinajstić information content (AvgIpc) is 3.22. The monoisotopic (exact) mass is 380 g/mol. The summed E-state index contributed by atoms with van der Waals surface area (Å²) in [6, 6.07) is 9.31. The van der Waals surface area contributed by atoms with Gasteiger partial charge < -0.3 is 14.5 Å². The molecular weight excluding hydrogens is 356 g/mol. The van der Waals surface area contributed by atoms with Crippen LogP contribution in [0.15, 0.2) is 36.5 Å². The molecule has 146 valence electrons. The van der Waals surface area contributed by atoms with Crippen LogP contribution < -0.4 is 4.74 Å². The molecule has 4 rings (SSSR count). The molecule has 3 heterocycles. The van der Waals surface area contributed by atoms with E-state index in [0.717, 1.165) is 36.5 Å². The van der Waals surface area contributed by atoms with Gasteiger partial charge in [-0.3, -0.25) is 9.59 Å². The minimum absolute atomic E-state index is 0.0218. The van der Waals surface area contributed by atoms with Crippen LogP contribution in [-0.4, -0.2) is 51.3 Å². The van der Waals surface area contributed by atoms with Gasteiger partial charge in [-0.25, -0.2) is 9.97 Å². The summed E-state index contributed by atoms with van der Waals surface area (Å²) in [5, 5.41) is 0. The van der Waals surface area contributed by atoms with Crippen molar-refractivity contribution in [1.82, 2.24) is 19.8 Å². The van der Waals surface area contributed by atoms with Crippen LogP contribution in [-0.2, 0) is 22.6 Å². The van der Waals surface area contributed by atoms with E-state index in [9.17, 15) is 9.59 Å². The highest BCUT2D eigenvalue weighted by atomic mass is 16.5. The van der Waals surface area contributed by atoms with E-state index in [1.54, 1.807) is 11.8 Å². The number of likely N-dealkylation sites (tertiary alicyclic amines) is 1. The van der Waals surface area contributed by atoms with Crippen molar-refractivity contribution in [3.05, 3.63) is 53.6 Å². The smallest absolute Gasteiger partial charge is 0.260 e. The second-order valence-corrected chi connectivity index (χ2v) is 7.24. The third-order valence-corrected chi connectivity index (χ3v) is 5.37. The number of aromatic nitrogens is 2. The molecule has 0 N–H and O–H groups in total. The van der Waals surface area contributed by atoms with Gasteiger partial charge in [-0.1, -0.05) is 18.2 Å². The van der Waals surface area contributed by atoms with Gasteiger partial charge in [0.2, 0.25) is 5.91 Å². The zero-order valence-electron chi connectivity index (χ0n) is 16.0. The topological polar surface area (TPSA) is 75.6 Å². The van der Waals surface area contributed by atoms with Gasteiger partial charge in [0.1, 0.15) is 5.75 Å². The molecule has 0 bridgehead atoms. The van der Waals surface area contributed by atoms with E-state index in [-0.39, 0.29) is 24.5 Å². The summed E-state index contributed by atoms with van der Waals surface area (Å²) in [6.45, 7) is 3.49. The van der Waals surface area contributed by atoms with Crippen molar-refractivity contribution in [2.45, 2.75) is 38.8 Å². The molecule has 0 spiro atoms. The summed E-state index contributed by atoms with van der Waals surface area (Å²) in [5.41, 5.74) is 1.95. The van der Waals surface area contributed by atoms with Crippen LogP contribution in [0.25, 0.3) is 0 Å². The number of fused-ring (bicyclic) bond motifs is 1. The maximum absolute atomic E-state index is 12.5. The lowest BCUT2D eigenvalue weighted by Gasteiger charge is -2.29. The highest BCUT2D eigenvalue weighted by Gasteiger charge is 2.31. The summed E-state index contributed by atoms with van der Waals surface area (Å²) in [7, 11) is 0. The summed E-state index contributed by atoms with van der Waals surface area (Å²) in [5.74, 6) is 1.43. The minimum Gasteiger partial charge on any atom is -0.484 e. The Labute approximate surface area is 164 Å². The third-order valence-electron chi connectivity index (χ3n) is 5.37. The maximum atomic E-state index is 12.5. The van der Waals surface area contributed by atoms with Crippen LogP contribution in [0.1, 0.15) is 42.9 Å². The number of ether oxygens (including phenoxy) is 1. The van der Waals surface area contributed by atoms with Gasteiger partial charge in [0.15, 0.2) is 12.4 Å². The standard InChI is InChI=1S/C21H24N4O3/c1-15(26)25-10-5-8-19(25)21-22-12-16-13-24(11-9-18(16)23-21)20(27)14-28-17-6-3-2-4-7-17/h2-4,6-7,12,19H,5,8-11,13-14H2,1H3/t19-/m0/s1. The first-order chi connectivity index (χ1) is 13.6. The molecule has 2 aliphatic heterocycles. The first-order valence-electron chi connectivity index (χ1n) is 9.69. The molecule has 2 aromatic rings. The molecule has 2 aliphatic rings. The Morgan fingerprint density at radius 3 is 2.82 bits per heavy atom. The van der Waals surface area contributed by atoms with Gasteiger partial charge in [-0.05, 0) is 25.0 Å². The van der Waals surface area contributed by atoms with E-state index in [1.165, 1.54) is 0 Å². The van der Waals surface area contributed by atoms with Gasteiger partial charge in [0.25, 0.3) is 5.91 Å². The lowest BCUT2D eigenvalue weighted by atomic mass is 10.1. The Morgan fingerprint density at radius 1 is 1.21 bits per heavy atom. The third kappa shape index (κ3) is 3.83. The van der Waals surface area contributed by atoms with Gasteiger partial charge >= 0.3 is 0 Å². The highest BCUT2D eigenvalue weighted by Crippen LogP contribution is 2.30. The molecule has 1 aromatic carbocycles. The largest absolute Gasteiger partial charge is 0.484 e. The van der Waals surface area contributed by atoms with Crippen LogP contribution >= 0.6 is 0 Å². The van der Waals surface area contributed by atoms with Crippen molar-refractivity contribution in [2.75, 3.05) is 19.7 Å². The van der Waals surface area contributed by atoms with Crippen molar-refractivity contribution in [3.63, 3.8) is 0 Å². The second kappa shape index (κ2) is 7.96. The van der Waals surface area contributed by atoms with E-state index in [2.05, 4.69) is 4.98 Å². The van der Waals surface area contributed by atoms with E-state index in [0.29, 0.717) is 25.3 Å². The second-order valence-electron chi connectivity index (χ2n) is 7.24. The maximum Gasteiger partial charge on any atom is 0.260 e. The van der Waals surface area contributed by atoms with Crippen LogP contribution in [0.2, 0.25) is 0 Å². The fourth-order valence-corrected chi connectivity index (χ4v) is 3.87. The molecule has 7 nitrogen and oxygen atoms in total. The molecule has 0 saturated carbocycles. The van der Waals surface area contributed by atoms with E-state index in [4.69, 9.17) is 9.72 Å². The van der Waals surface area contributed by atoms with E-state index >= 15 is 0 Å². The zero-order valence-corrected chi connectivity index (χ0v) is 16.0. The molecule has 1 atom stereocenters. The van der Waals surface area contributed by atoms with Crippen LogP contribution in [0.4, 0.5) is 0 Å². The van der Waals surface area contributed by atoms with E-state index in [1.807, 2.05) is 41.4 Å². The first kappa shape index (κ1) is 18.4.